The Balaban J connectivity index is 2.19. The van der Waals surface area contributed by atoms with Crippen molar-refractivity contribution in [3.05, 3.63) is 64.2 Å². The molecule has 154 valence electrons. The van der Waals surface area contributed by atoms with Crippen molar-refractivity contribution in [3.8, 4) is 0 Å². The fourth-order valence-corrected chi connectivity index (χ4v) is 3.53. The lowest BCUT2D eigenvalue weighted by molar-refractivity contribution is -0.387. The molecule has 0 unspecified atom stereocenters. The van der Waals surface area contributed by atoms with Gasteiger partial charge in [-0.05, 0) is 38.1 Å². The van der Waals surface area contributed by atoms with Gasteiger partial charge in [-0.15, -0.1) is 0 Å². The van der Waals surface area contributed by atoms with Gasteiger partial charge >= 0.3 is 5.97 Å². The number of anilines is 1. The van der Waals surface area contributed by atoms with E-state index in [-0.39, 0.29) is 11.6 Å². The van der Waals surface area contributed by atoms with E-state index in [2.05, 4.69) is 0 Å². The summed E-state index contributed by atoms with van der Waals surface area (Å²) in [5, 5.41) is 11.2. The van der Waals surface area contributed by atoms with Crippen molar-refractivity contribution in [3.63, 3.8) is 0 Å². The largest absolute Gasteiger partial charge is 0.452 e. The number of nitro benzene ring substituents is 1. The maximum Gasteiger partial charge on any atom is 0.338 e. The van der Waals surface area contributed by atoms with Crippen molar-refractivity contribution in [2.24, 2.45) is 0 Å². The number of carbonyl (C=O) groups is 2. The van der Waals surface area contributed by atoms with E-state index in [1.807, 2.05) is 0 Å². The highest BCUT2D eigenvalue weighted by atomic mass is 32.2. The predicted octanol–water partition coefficient (Wildman–Crippen LogP) is 2.60. The average Bonchev–Trinajstić information content (AvgIpc) is 2.65. The van der Waals surface area contributed by atoms with Crippen LogP contribution in [-0.4, -0.2) is 44.1 Å². The van der Waals surface area contributed by atoms with Crippen LogP contribution in [0.15, 0.2) is 53.4 Å². The SMILES string of the molecule is CC(C)N(C(=O)COC(=O)c1ccc(S(C)(=O)=O)c([N+](=O)[O-])c1)c1ccccc1. The third-order valence-electron chi connectivity index (χ3n) is 3.94. The Labute approximate surface area is 168 Å². The third kappa shape index (κ3) is 5.38. The highest BCUT2D eigenvalue weighted by molar-refractivity contribution is 7.90. The zero-order valence-corrected chi connectivity index (χ0v) is 16.9. The van der Waals surface area contributed by atoms with E-state index in [1.54, 1.807) is 44.2 Å². The Morgan fingerprint density at radius 2 is 1.76 bits per heavy atom. The van der Waals surface area contributed by atoms with Gasteiger partial charge in [0.1, 0.15) is 4.90 Å². The average molecular weight is 420 g/mol. The van der Waals surface area contributed by atoms with Crippen LogP contribution >= 0.6 is 0 Å². The molecule has 0 fully saturated rings. The summed E-state index contributed by atoms with van der Waals surface area (Å²) in [6, 6.07) is 11.5. The molecule has 1 amide bonds. The zero-order valence-electron chi connectivity index (χ0n) is 16.1. The third-order valence-corrected chi connectivity index (χ3v) is 5.08. The summed E-state index contributed by atoms with van der Waals surface area (Å²) in [6.07, 6.45) is 0.829. The van der Waals surface area contributed by atoms with E-state index in [1.165, 1.54) is 4.90 Å². The molecule has 0 saturated carbocycles. The number of esters is 1. The van der Waals surface area contributed by atoms with Crippen LogP contribution in [0, 0.1) is 10.1 Å². The Morgan fingerprint density at radius 1 is 1.14 bits per heavy atom. The number of hydrogen-bond donors (Lipinski definition) is 0. The summed E-state index contributed by atoms with van der Waals surface area (Å²) in [4.78, 5) is 36.0. The van der Waals surface area contributed by atoms with E-state index < -0.39 is 43.8 Å². The minimum atomic E-state index is -3.85. The van der Waals surface area contributed by atoms with Gasteiger partial charge in [0.05, 0.1) is 10.5 Å². The molecule has 0 aliphatic rings. The Morgan fingerprint density at radius 3 is 2.28 bits per heavy atom. The quantitative estimate of drug-likeness (QED) is 0.383. The number of nitrogens with zero attached hydrogens (tertiary/aromatic N) is 2. The standard InChI is InChI=1S/C19H20N2O7S/c1-13(2)20(15-7-5-4-6-8-15)18(22)12-28-19(23)14-9-10-17(29(3,26)27)16(11-14)21(24)25/h4-11,13H,12H2,1-3H3. The fraction of sp³-hybridized carbons (Fsp3) is 0.263. The molecule has 10 heteroatoms. The van der Waals surface area contributed by atoms with Crippen molar-refractivity contribution in [1.82, 2.24) is 0 Å². The normalized spacial score (nSPS) is 11.2. The minimum absolute atomic E-state index is 0.196. The summed E-state index contributed by atoms with van der Waals surface area (Å²) in [6.45, 7) is 3.04. The first-order valence-corrected chi connectivity index (χ1v) is 10.4. The Kier molecular flexibility index (Phi) is 6.70. The smallest absolute Gasteiger partial charge is 0.338 e. The van der Waals surface area contributed by atoms with Crippen molar-refractivity contribution in [2.75, 3.05) is 17.8 Å². The molecular formula is C19H20N2O7S. The minimum Gasteiger partial charge on any atom is -0.452 e. The molecule has 0 N–H and O–H groups in total. The molecule has 0 aliphatic heterocycles. The molecule has 9 nitrogen and oxygen atoms in total. The molecule has 29 heavy (non-hydrogen) atoms. The van der Waals surface area contributed by atoms with Crippen LogP contribution in [0.4, 0.5) is 11.4 Å². The second-order valence-electron chi connectivity index (χ2n) is 6.48. The number of carbonyl (C=O) groups excluding carboxylic acids is 2. The van der Waals surface area contributed by atoms with Crippen LogP contribution in [0.3, 0.4) is 0 Å². The first-order valence-electron chi connectivity index (χ1n) is 8.55. The van der Waals surface area contributed by atoms with Gasteiger partial charge < -0.3 is 9.64 Å². The summed E-state index contributed by atoms with van der Waals surface area (Å²) in [7, 11) is -3.85. The number of sulfone groups is 1. The predicted molar refractivity (Wildman–Crippen MR) is 106 cm³/mol. The molecule has 0 saturated heterocycles. The second kappa shape index (κ2) is 8.82. The van der Waals surface area contributed by atoms with Gasteiger partial charge in [0.25, 0.3) is 11.6 Å². The van der Waals surface area contributed by atoms with E-state index >= 15 is 0 Å². The van der Waals surface area contributed by atoms with Crippen LogP contribution in [-0.2, 0) is 19.4 Å². The number of nitro groups is 1. The van der Waals surface area contributed by atoms with Gasteiger partial charge in [0, 0.05) is 24.1 Å². The molecule has 0 atom stereocenters. The lowest BCUT2D eigenvalue weighted by Crippen LogP contribution is -2.39. The van der Waals surface area contributed by atoms with Gasteiger partial charge in [-0.3, -0.25) is 14.9 Å². The van der Waals surface area contributed by atoms with Crippen molar-refractivity contribution >= 4 is 33.1 Å². The molecule has 2 aromatic carbocycles. The topological polar surface area (TPSA) is 124 Å². The van der Waals surface area contributed by atoms with Crippen LogP contribution in [0.25, 0.3) is 0 Å². The molecule has 0 aliphatic carbocycles. The van der Waals surface area contributed by atoms with Crippen LogP contribution < -0.4 is 4.90 Å². The van der Waals surface area contributed by atoms with Gasteiger partial charge in [-0.25, -0.2) is 13.2 Å². The molecule has 0 radical (unpaired) electrons. The number of hydrogen-bond acceptors (Lipinski definition) is 7. The summed E-state index contributed by atoms with van der Waals surface area (Å²) in [5.41, 5.74) is -0.328. The van der Waals surface area contributed by atoms with Gasteiger partial charge in [-0.1, -0.05) is 18.2 Å². The zero-order chi connectivity index (χ0) is 21.8. The van der Waals surface area contributed by atoms with E-state index in [4.69, 9.17) is 4.74 Å². The Bertz CT molecular complexity index is 1030. The molecule has 0 aromatic heterocycles. The van der Waals surface area contributed by atoms with E-state index in [9.17, 15) is 28.1 Å². The van der Waals surface area contributed by atoms with Crippen LogP contribution in [0.5, 0.6) is 0 Å². The number of rotatable bonds is 7. The van der Waals surface area contributed by atoms with Crippen LogP contribution in [0.1, 0.15) is 24.2 Å². The Hall–Kier alpha value is -3.27. The van der Waals surface area contributed by atoms with Gasteiger partial charge in [-0.2, -0.15) is 0 Å². The maximum absolute atomic E-state index is 12.5. The summed E-state index contributed by atoms with van der Waals surface area (Å²) in [5.74, 6) is -1.44. The van der Waals surface area contributed by atoms with Crippen molar-refractivity contribution < 1.29 is 27.7 Å². The van der Waals surface area contributed by atoms with Crippen molar-refractivity contribution in [1.29, 1.82) is 0 Å². The number of amides is 1. The lowest BCUT2D eigenvalue weighted by Gasteiger charge is -2.26. The lowest BCUT2D eigenvalue weighted by atomic mass is 10.2. The number of para-hydroxylation sites is 1. The molecule has 0 spiro atoms. The van der Waals surface area contributed by atoms with E-state index in [0.29, 0.717) is 5.69 Å². The number of ether oxygens (including phenoxy) is 1. The summed E-state index contributed by atoms with van der Waals surface area (Å²) >= 11 is 0. The summed E-state index contributed by atoms with van der Waals surface area (Å²) < 4.78 is 28.3. The van der Waals surface area contributed by atoms with Crippen LogP contribution in [0.2, 0.25) is 0 Å². The van der Waals surface area contributed by atoms with Gasteiger partial charge in [0.15, 0.2) is 16.4 Å². The monoisotopic (exact) mass is 420 g/mol. The first-order chi connectivity index (χ1) is 13.5. The molecule has 2 rings (SSSR count). The molecular weight excluding hydrogens is 400 g/mol. The molecule has 0 heterocycles. The second-order valence-corrected chi connectivity index (χ2v) is 8.47. The fourth-order valence-electron chi connectivity index (χ4n) is 2.70. The first kappa shape index (κ1) is 22.0. The molecule has 0 bridgehead atoms. The highest BCUT2D eigenvalue weighted by Gasteiger charge is 2.25. The highest BCUT2D eigenvalue weighted by Crippen LogP contribution is 2.25. The van der Waals surface area contributed by atoms with Crippen molar-refractivity contribution in [2.45, 2.75) is 24.8 Å². The van der Waals surface area contributed by atoms with E-state index in [0.717, 1.165) is 24.5 Å². The maximum atomic E-state index is 12.5. The van der Waals surface area contributed by atoms with Gasteiger partial charge in [0.2, 0.25) is 0 Å². The number of benzene rings is 2. The molecule has 2 aromatic rings.